The minimum Gasteiger partial charge on any atom is -0.367 e. The monoisotopic (exact) mass is 302 g/mol. The van der Waals surface area contributed by atoms with Gasteiger partial charge in [0.05, 0.1) is 17.2 Å². The molecule has 0 unspecified atom stereocenters. The number of hydrogen-bond acceptors (Lipinski definition) is 5. The standard InChI is InChI=1S/C8H8BrClN6/c9-6-7(10)12-5-13-8(6)11-1-3-16-4-2-14-15-16/h2,4-5H,1,3H2,(H,11,12,13). The number of nitrogens with zero attached hydrogens (tertiary/aromatic N) is 5. The smallest absolute Gasteiger partial charge is 0.148 e. The Balaban J connectivity index is 1.92. The average Bonchev–Trinajstić information content (AvgIpc) is 2.77. The van der Waals surface area contributed by atoms with Crippen LogP contribution in [0.1, 0.15) is 0 Å². The van der Waals surface area contributed by atoms with Gasteiger partial charge in [0.15, 0.2) is 0 Å². The lowest BCUT2D eigenvalue weighted by molar-refractivity contribution is 0.608. The number of halogens is 2. The molecule has 2 aromatic heterocycles. The van der Waals surface area contributed by atoms with E-state index in [4.69, 9.17) is 11.6 Å². The highest BCUT2D eigenvalue weighted by Crippen LogP contribution is 2.25. The Morgan fingerprint density at radius 1 is 1.44 bits per heavy atom. The van der Waals surface area contributed by atoms with E-state index in [1.807, 2.05) is 0 Å². The number of aromatic nitrogens is 5. The minimum absolute atomic E-state index is 0.387. The predicted molar refractivity (Wildman–Crippen MR) is 63.3 cm³/mol. The third kappa shape index (κ3) is 2.67. The summed E-state index contributed by atoms with van der Waals surface area (Å²) in [6.07, 6.45) is 4.84. The molecule has 0 amide bonds. The maximum atomic E-state index is 5.83. The van der Waals surface area contributed by atoms with Gasteiger partial charge in [-0.1, -0.05) is 16.8 Å². The first-order valence-corrected chi connectivity index (χ1v) is 5.68. The molecule has 1 N–H and O–H groups in total. The Morgan fingerprint density at radius 2 is 2.31 bits per heavy atom. The van der Waals surface area contributed by atoms with Crippen molar-refractivity contribution in [1.29, 1.82) is 0 Å². The second kappa shape index (κ2) is 5.22. The van der Waals surface area contributed by atoms with Crippen molar-refractivity contribution in [2.45, 2.75) is 6.54 Å². The van der Waals surface area contributed by atoms with E-state index in [0.717, 1.165) is 0 Å². The van der Waals surface area contributed by atoms with Crippen LogP contribution >= 0.6 is 27.5 Å². The van der Waals surface area contributed by atoms with Gasteiger partial charge >= 0.3 is 0 Å². The van der Waals surface area contributed by atoms with Crippen LogP contribution in [-0.2, 0) is 6.54 Å². The molecule has 0 atom stereocenters. The highest BCUT2D eigenvalue weighted by Gasteiger charge is 2.05. The van der Waals surface area contributed by atoms with Crippen LogP contribution in [0.5, 0.6) is 0 Å². The third-order valence-corrected chi connectivity index (χ3v) is 3.12. The van der Waals surface area contributed by atoms with Crippen LogP contribution in [0.3, 0.4) is 0 Å². The van der Waals surface area contributed by atoms with Crippen molar-refractivity contribution in [3.8, 4) is 0 Å². The number of rotatable bonds is 4. The summed E-state index contributed by atoms with van der Waals surface area (Å²) in [6.45, 7) is 1.38. The molecule has 8 heteroatoms. The summed E-state index contributed by atoms with van der Waals surface area (Å²) in [5.74, 6) is 0.667. The van der Waals surface area contributed by atoms with Gasteiger partial charge in [0, 0.05) is 12.7 Å². The lowest BCUT2D eigenvalue weighted by atomic mass is 10.5. The highest BCUT2D eigenvalue weighted by atomic mass is 79.9. The Labute approximate surface area is 105 Å². The summed E-state index contributed by atoms with van der Waals surface area (Å²) in [6, 6.07) is 0. The highest BCUT2D eigenvalue weighted by molar-refractivity contribution is 9.10. The van der Waals surface area contributed by atoms with Gasteiger partial charge in [-0.2, -0.15) is 0 Å². The molecule has 0 aliphatic carbocycles. The molecule has 0 aliphatic heterocycles. The first-order chi connectivity index (χ1) is 7.77. The number of hydrogen-bond donors (Lipinski definition) is 1. The number of anilines is 1. The average molecular weight is 304 g/mol. The summed E-state index contributed by atoms with van der Waals surface area (Å²) in [4.78, 5) is 7.90. The largest absolute Gasteiger partial charge is 0.367 e. The van der Waals surface area contributed by atoms with E-state index in [-0.39, 0.29) is 0 Å². The van der Waals surface area contributed by atoms with Crippen LogP contribution in [0.15, 0.2) is 23.2 Å². The third-order valence-electron chi connectivity index (χ3n) is 1.85. The second-order valence-electron chi connectivity index (χ2n) is 2.92. The van der Waals surface area contributed by atoms with Crippen molar-refractivity contribution in [3.63, 3.8) is 0 Å². The lowest BCUT2D eigenvalue weighted by Crippen LogP contribution is -2.12. The molecule has 2 rings (SSSR count). The van der Waals surface area contributed by atoms with Gasteiger partial charge in [-0.05, 0) is 15.9 Å². The van der Waals surface area contributed by atoms with Crippen LogP contribution in [-0.4, -0.2) is 31.5 Å². The van der Waals surface area contributed by atoms with Gasteiger partial charge in [0.25, 0.3) is 0 Å². The molecule has 0 saturated carbocycles. The Hall–Kier alpha value is -1.21. The maximum absolute atomic E-state index is 5.83. The fraction of sp³-hybridized carbons (Fsp3) is 0.250. The molecule has 0 aliphatic rings. The minimum atomic E-state index is 0.387. The van der Waals surface area contributed by atoms with Gasteiger partial charge in [-0.3, -0.25) is 4.68 Å². The summed E-state index contributed by atoms with van der Waals surface area (Å²) in [5.41, 5.74) is 0. The van der Waals surface area contributed by atoms with Gasteiger partial charge < -0.3 is 5.32 Å². The van der Waals surface area contributed by atoms with Crippen LogP contribution in [0.2, 0.25) is 5.15 Å². The summed E-state index contributed by atoms with van der Waals surface area (Å²) in [5, 5.41) is 11.1. The van der Waals surface area contributed by atoms with E-state index in [1.54, 1.807) is 17.1 Å². The molecule has 0 spiro atoms. The van der Waals surface area contributed by atoms with Crippen LogP contribution in [0.25, 0.3) is 0 Å². The van der Waals surface area contributed by atoms with Crippen molar-refractivity contribution < 1.29 is 0 Å². The zero-order valence-corrected chi connectivity index (χ0v) is 10.5. The Kier molecular flexibility index (Phi) is 3.68. The van der Waals surface area contributed by atoms with Crippen LogP contribution in [0.4, 0.5) is 5.82 Å². The first kappa shape index (κ1) is 11.3. The molecule has 0 aromatic carbocycles. The second-order valence-corrected chi connectivity index (χ2v) is 4.07. The van der Waals surface area contributed by atoms with Crippen LogP contribution < -0.4 is 5.32 Å². The molecule has 84 valence electrons. The van der Waals surface area contributed by atoms with E-state index in [9.17, 15) is 0 Å². The van der Waals surface area contributed by atoms with E-state index >= 15 is 0 Å². The van der Waals surface area contributed by atoms with E-state index in [2.05, 4.69) is 41.5 Å². The molecule has 2 heterocycles. The zero-order valence-electron chi connectivity index (χ0n) is 8.14. The fourth-order valence-corrected chi connectivity index (χ4v) is 1.59. The van der Waals surface area contributed by atoms with E-state index < -0.39 is 0 Å². The van der Waals surface area contributed by atoms with Gasteiger partial charge in [-0.25, -0.2) is 9.97 Å². The SMILES string of the molecule is Clc1ncnc(NCCn2ccnn2)c1Br. The number of nitrogens with one attached hydrogen (secondary N) is 1. The Morgan fingerprint density at radius 3 is 3.06 bits per heavy atom. The topological polar surface area (TPSA) is 68.5 Å². The molecular weight excluding hydrogens is 295 g/mol. The maximum Gasteiger partial charge on any atom is 0.148 e. The van der Waals surface area contributed by atoms with Gasteiger partial charge in [0.2, 0.25) is 0 Å². The van der Waals surface area contributed by atoms with Gasteiger partial charge in [0.1, 0.15) is 17.3 Å². The van der Waals surface area contributed by atoms with Crippen molar-refractivity contribution in [3.05, 3.63) is 28.3 Å². The molecule has 6 nitrogen and oxygen atoms in total. The molecule has 2 aromatic rings. The zero-order chi connectivity index (χ0) is 11.4. The molecule has 16 heavy (non-hydrogen) atoms. The Bertz CT molecular complexity index is 460. The summed E-state index contributed by atoms with van der Waals surface area (Å²) in [7, 11) is 0. The molecule has 0 radical (unpaired) electrons. The van der Waals surface area contributed by atoms with Gasteiger partial charge in [-0.15, -0.1) is 5.10 Å². The van der Waals surface area contributed by atoms with E-state index in [0.29, 0.717) is 28.5 Å². The van der Waals surface area contributed by atoms with E-state index in [1.165, 1.54) is 6.33 Å². The fourth-order valence-electron chi connectivity index (χ4n) is 1.11. The quantitative estimate of drug-likeness (QED) is 0.869. The molecular formula is C8H8BrClN6. The molecule has 0 bridgehead atoms. The molecule has 0 saturated heterocycles. The van der Waals surface area contributed by atoms with Crippen molar-refractivity contribution in [2.24, 2.45) is 0 Å². The predicted octanol–water partition coefficient (Wildman–Crippen LogP) is 1.60. The van der Waals surface area contributed by atoms with Crippen molar-refractivity contribution in [2.75, 3.05) is 11.9 Å². The lowest BCUT2D eigenvalue weighted by Gasteiger charge is -2.07. The normalized spacial score (nSPS) is 10.4. The molecule has 0 fully saturated rings. The summed E-state index contributed by atoms with van der Waals surface area (Å²) < 4.78 is 2.39. The first-order valence-electron chi connectivity index (χ1n) is 4.51. The summed E-state index contributed by atoms with van der Waals surface area (Å²) >= 11 is 9.13. The van der Waals surface area contributed by atoms with Crippen LogP contribution in [0, 0.1) is 0 Å². The van der Waals surface area contributed by atoms with Crippen molar-refractivity contribution >= 4 is 33.3 Å². The van der Waals surface area contributed by atoms with Crippen molar-refractivity contribution in [1.82, 2.24) is 25.0 Å².